The molecule has 2 fully saturated rings. The molecule has 2 aliphatic rings. The van der Waals surface area contributed by atoms with Crippen LogP contribution in [0, 0.1) is 0 Å². The summed E-state index contributed by atoms with van der Waals surface area (Å²) in [5, 5.41) is 4.08. The first-order chi connectivity index (χ1) is 11.1. The average molecular weight is 337 g/mol. The molecule has 5 heteroatoms. The molecule has 1 aromatic carbocycles. The maximum Gasteiger partial charge on any atom is 0.237 e. The molecule has 23 heavy (non-hydrogen) atoms. The van der Waals surface area contributed by atoms with E-state index in [1.165, 1.54) is 0 Å². The number of halogens is 1. The lowest BCUT2D eigenvalue weighted by Crippen LogP contribution is -2.54. The van der Waals surface area contributed by atoms with E-state index in [1.54, 1.807) is 0 Å². The van der Waals surface area contributed by atoms with Gasteiger partial charge >= 0.3 is 0 Å². The molecule has 126 valence electrons. The highest BCUT2D eigenvalue weighted by Crippen LogP contribution is 2.39. The van der Waals surface area contributed by atoms with E-state index in [0.717, 1.165) is 49.4 Å². The summed E-state index contributed by atoms with van der Waals surface area (Å²) in [5.74, 6) is 0.105. The van der Waals surface area contributed by atoms with Gasteiger partial charge in [-0.3, -0.25) is 9.69 Å². The van der Waals surface area contributed by atoms with Crippen molar-refractivity contribution in [3.8, 4) is 0 Å². The fourth-order valence-corrected chi connectivity index (χ4v) is 3.91. The van der Waals surface area contributed by atoms with E-state index in [-0.39, 0.29) is 17.5 Å². The van der Waals surface area contributed by atoms with Crippen LogP contribution < -0.4 is 5.32 Å². The van der Waals surface area contributed by atoms with E-state index < -0.39 is 0 Å². The molecule has 0 spiro atoms. The Balaban J connectivity index is 1.75. The first-order valence-electron chi connectivity index (χ1n) is 8.51. The Morgan fingerprint density at radius 3 is 2.65 bits per heavy atom. The molecular weight excluding hydrogens is 312 g/mol. The number of rotatable bonds is 4. The zero-order chi connectivity index (χ0) is 16.3. The number of nitrogens with one attached hydrogen (secondary N) is 1. The molecule has 1 aliphatic carbocycles. The van der Waals surface area contributed by atoms with Crippen LogP contribution in [0.4, 0.5) is 0 Å². The molecular formula is C18H25ClN2O2. The Hall–Kier alpha value is -1.10. The second-order valence-electron chi connectivity index (χ2n) is 6.61. The number of carbonyl (C=O) groups excluding carboxylic acids is 1. The fraction of sp³-hybridized carbons (Fsp3) is 0.611. The van der Waals surface area contributed by atoms with Gasteiger partial charge in [0, 0.05) is 18.1 Å². The zero-order valence-electron chi connectivity index (χ0n) is 13.7. The molecule has 1 amide bonds. The van der Waals surface area contributed by atoms with Crippen LogP contribution in [0.1, 0.15) is 38.2 Å². The molecule has 1 aliphatic heterocycles. The number of hydrogen-bond acceptors (Lipinski definition) is 3. The van der Waals surface area contributed by atoms with Crippen LogP contribution in [0.3, 0.4) is 0 Å². The van der Waals surface area contributed by atoms with Crippen molar-refractivity contribution in [2.45, 2.75) is 44.2 Å². The average Bonchev–Trinajstić information content (AvgIpc) is 3.04. The third kappa shape index (κ3) is 3.70. The topological polar surface area (TPSA) is 41.6 Å². The second kappa shape index (κ2) is 7.20. The minimum atomic E-state index is -0.261. The highest BCUT2D eigenvalue weighted by atomic mass is 35.5. The lowest BCUT2D eigenvalue weighted by atomic mass is 9.87. The quantitative estimate of drug-likeness (QED) is 0.919. The number of morpholine rings is 1. The van der Waals surface area contributed by atoms with Crippen molar-refractivity contribution in [2.24, 2.45) is 0 Å². The molecule has 1 saturated heterocycles. The smallest absolute Gasteiger partial charge is 0.237 e. The Morgan fingerprint density at radius 2 is 2.00 bits per heavy atom. The van der Waals surface area contributed by atoms with Crippen LogP contribution in [-0.2, 0) is 15.1 Å². The van der Waals surface area contributed by atoms with Gasteiger partial charge in [-0.05, 0) is 37.5 Å². The molecule has 3 rings (SSSR count). The summed E-state index contributed by atoms with van der Waals surface area (Å²) >= 11 is 6.17. The van der Waals surface area contributed by atoms with Gasteiger partial charge in [-0.15, -0.1) is 0 Å². The molecule has 1 heterocycles. The summed E-state index contributed by atoms with van der Waals surface area (Å²) in [7, 11) is 0. The number of amides is 1. The normalized spacial score (nSPS) is 22.7. The van der Waals surface area contributed by atoms with Crippen molar-refractivity contribution in [1.82, 2.24) is 10.2 Å². The third-order valence-corrected chi connectivity index (χ3v) is 5.40. The molecule has 1 N–H and O–H groups in total. The largest absolute Gasteiger partial charge is 0.379 e. The predicted molar refractivity (Wildman–Crippen MR) is 91.6 cm³/mol. The molecule has 1 aromatic rings. The lowest BCUT2D eigenvalue weighted by Gasteiger charge is -2.36. The highest BCUT2D eigenvalue weighted by molar-refractivity contribution is 6.30. The van der Waals surface area contributed by atoms with Crippen LogP contribution in [0.5, 0.6) is 0 Å². The molecule has 1 atom stereocenters. The Labute approximate surface area is 143 Å². The summed E-state index contributed by atoms with van der Waals surface area (Å²) in [6.45, 7) is 5.03. The summed E-state index contributed by atoms with van der Waals surface area (Å²) in [6, 6.07) is 7.79. The standard InChI is InChI=1S/C18H25ClN2O2/c1-14(21-9-11-23-12-10-21)17(22)20-18(7-2-3-8-18)15-5-4-6-16(19)13-15/h4-6,13-14H,2-3,7-12H2,1H3,(H,20,22). The van der Waals surface area contributed by atoms with Gasteiger partial charge < -0.3 is 10.1 Å². The first-order valence-corrected chi connectivity index (χ1v) is 8.88. The minimum absolute atomic E-state index is 0.105. The minimum Gasteiger partial charge on any atom is -0.379 e. The fourth-order valence-electron chi connectivity index (χ4n) is 3.72. The van der Waals surface area contributed by atoms with Gasteiger partial charge in [-0.25, -0.2) is 0 Å². The van der Waals surface area contributed by atoms with E-state index >= 15 is 0 Å². The van der Waals surface area contributed by atoms with E-state index in [0.29, 0.717) is 13.2 Å². The molecule has 1 unspecified atom stereocenters. The number of benzene rings is 1. The zero-order valence-corrected chi connectivity index (χ0v) is 14.4. The van der Waals surface area contributed by atoms with Crippen molar-refractivity contribution in [3.63, 3.8) is 0 Å². The number of hydrogen-bond donors (Lipinski definition) is 1. The lowest BCUT2D eigenvalue weighted by molar-refractivity contribution is -0.129. The van der Waals surface area contributed by atoms with Crippen LogP contribution >= 0.6 is 11.6 Å². The van der Waals surface area contributed by atoms with Crippen LogP contribution in [0.25, 0.3) is 0 Å². The van der Waals surface area contributed by atoms with E-state index in [4.69, 9.17) is 16.3 Å². The second-order valence-corrected chi connectivity index (χ2v) is 7.05. The van der Waals surface area contributed by atoms with E-state index in [2.05, 4.69) is 16.3 Å². The monoisotopic (exact) mass is 336 g/mol. The van der Waals surface area contributed by atoms with Crippen molar-refractivity contribution in [1.29, 1.82) is 0 Å². The Kier molecular flexibility index (Phi) is 5.24. The van der Waals surface area contributed by atoms with E-state index in [9.17, 15) is 4.79 Å². The van der Waals surface area contributed by atoms with Crippen molar-refractivity contribution in [2.75, 3.05) is 26.3 Å². The highest BCUT2D eigenvalue weighted by Gasteiger charge is 2.38. The van der Waals surface area contributed by atoms with Crippen molar-refractivity contribution >= 4 is 17.5 Å². The van der Waals surface area contributed by atoms with Gasteiger partial charge in [0.25, 0.3) is 0 Å². The van der Waals surface area contributed by atoms with Crippen LogP contribution in [0.15, 0.2) is 24.3 Å². The summed E-state index contributed by atoms with van der Waals surface area (Å²) in [6.07, 6.45) is 4.24. The van der Waals surface area contributed by atoms with Gasteiger partial charge in [0.2, 0.25) is 5.91 Å². The van der Waals surface area contributed by atoms with Gasteiger partial charge in [-0.1, -0.05) is 36.6 Å². The summed E-state index contributed by atoms with van der Waals surface area (Å²) < 4.78 is 5.38. The van der Waals surface area contributed by atoms with Gasteiger partial charge in [0.05, 0.1) is 24.8 Å². The van der Waals surface area contributed by atoms with Gasteiger partial charge in [0.15, 0.2) is 0 Å². The SMILES string of the molecule is CC(C(=O)NC1(c2cccc(Cl)c2)CCCC1)N1CCOCC1. The van der Waals surface area contributed by atoms with Crippen LogP contribution in [-0.4, -0.2) is 43.2 Å². The first kappa shape index (κ1) is 16.7. The number of nitrogens with zero attached hydrogens (tertiary/aromatic N) is 1. The number of carbonyl (C=O) groups is 1. The third-order valence-electron chi connectivity index (χ3n) is 5.17. The van der Waals surface area contributed by atoms with Crippen molar-refractivity contribution < 1.29 is 9.53 Å². The van der Waals surface area contributed by atoms with Gasteiger partial charge in [-0.2, -0.15) is 0 Å². The summed E-state index contributed by atoms with van der Waals surface area (Å²) in [4.78, 5) is 15.0. The molecule has 0 aromatic heterocycles. The Bertz CT molecular complexity index is 552. The Morgan fingerprint density at radius 1 is 1.30 bits per heavy atom. The molecule has 0 radical (unpaired) electrons. The van der Waals surface area contributed by atoms with Crippen LogP contribution in [0.2, 0.25) is 5.02 Å². The maximum absolute atomic E-state index is 12.8. The molecule has 4 nitrogen and oxygen atoms in total. The molecule has 0 bridgehead atoms. The predicted octanol–water partition coefficient (Wildman–Crippen LogP) is 2.95. The number of ether oxygens (including phenoxy) is 1. The molecule has 1 saturated carbocycles. The van der Waals surface area contributed by atoms with E-state index in [1.807, 2.05) is 25.1 Å². The maximum atomic E-state index is 12.8. The van der Waals surface area contributed by atoms with Crippen molar-refractivity contribution in [3.05, 3.63) is 34.9 Å². The van der Waals surface area contributed by atoms with Gasteiger partial charge in [0.1, 0.15) is 0 Å². The summed E-state index contributed by atoms with van der Waals surface area (Å²) in [5.41, 5.74) is 0.868.